The second-order valence-corrected chi connectivity index (χ2v) is 4.95. The predicted molar refractivity (Wildman–Crippen MR) is 76.3 cm³/mol. The summed E-state index contributed by atoms with van der Waals surface area (Å²) in [6.07, 6.45) is 1.04. The van der Waals surface area contributed by atoms with E-state index in [0.29, 0.717) is 12.4 Å². The number of anilines is 1. The largest absolute Gasteiger partial charge is 0.478 e. The first-order chi connectivity index (χ1) is 9.69. The van der Waals surface area contributed by atoms with Gasteiger partial charge in [-0.25, -0.2) is 9.78 Å². The Bertz CT molecular complexity index is 657. The summed E-state index contributed by atoms with van der Waals surface area (Å²) >= 11 is 0. The van der Waals surface area contributed by atoms with Crippen molar-refractivity contribution >= 4 is 22.7 Å². The molecule has 0 saturated carbocycles. The van der Waals surface area contributed by atoms with E-state index in [1.807, 2.05) is 29.2 Å². The average Bonchev–Trinajstić information content (AvgIpc) is 2.94. The van der Waals surface area contributed by atoms with Gasteiger partial charge in [0, 0.05) is 25.6 Å². The van der Waals surface area contributed by atoms with Gasteiger partial charge in [-0.3, -0.25) is 0 Å². The van der Waals surface area contributed by atoms with Crippen LogP contribution >= 0.6 is 0 Å². The second kappa shape index (κ2) is 5.09. The van der Waals surface area contributed by atoms with Crippen LogP contribution in [0.25, 0.3) is 10.9 Å². The minimum Gasteiger partial charge on any atom is -0.478 e. The lowest BCUT2D eigenvalue weighted by Crippen LogP contribution is -2.25. The quantitative estimate of drug-likeness (QED) is 0.927. The smallest absolute Gasteiger partial charge is 0.339 e. The average molecular weight is 272 g/mol. The number of carboxylic acids is 1. The number of pyridine rings is 1. The number of methoxy groups -OCH3 is 1. The molecule has 1 aliphatic heterocycles. The summed E-state index contributed by atoms with van der Waals surface area (Å²) in [6, 6.07) is 9.25. The number of hydrogen-bond acceptors (Lipinski definition) is 4. The molecular formula is C15H16N2O3. The van der Waals surface area contributed by atoms with Gasteiger partial charge in [-0.2, -0.15) is 0 Å². The molecule has 5 heteroatoms. The van der Waals surface area contributed by atoms with Crippen molar-refractivity contribution in [1.29, 1.82) is 0 Å². The van der Waals surface area contributed by atoms with Crippen molar-refractivity contribution in [1.82, 2.24) is 4.98 Å². The van der Waals surface area contributed by atoms with E-state index in [1.165, 1.54) is 0 Å². The molecule has 0 aliphatic carbocycles. The van der Waals surface area contributed by atoms with Crippen molar-refractivity contribution in [2.24, 2.45) is 0 Å². The highest BCUT2D eigenvalue weighted by molar-refractivity contribution is 5.98. The van der Waals surface area contributed by atoms with E-state index >= 15 is 0 Å². The molecule has 1 saturated heterocycles. The van der Waals surface area contributed by atoms with Crippen molar-refractivity contribution < 1.29 is 14.6 Å². The van der Waals surface area contributed by atoms with E-state index in [1.54, 1.807) is 13.2 Å². The zero-order valence-electron chi connectivity index (χ0n) is 11.2. The van der Waals surface area contributed by atoms with Crippen LogP contribution in [0.2, 0.25) is 0 Å². The highest BCUT2D eigenvalue weighted by Gasteiger charge is 2.27. The van der Waals surface area contributed by atoms with Crippen molar-refractivity contribution in [3.05, 3.63) is 35.9 Å². The maximum atomic E-state index is 11.5. The van der Waals surface area contributed by atoms with Gasteiger partial charge in [0.2, 0.25) is 0 Å². The Labute approximate surface area is 116 Å². The lowest BCUT2D eigenvalue weighted by atomic mass is 10.1. The molecule has 1 unspecified atom stereocenters. The Hall–Kier alpha value is -2.14. The zero-order valence-corrected chi connectivity index (χ0v) is 11.2. The number of carbonyl (C=O) groups is 1. The molecule has 104 valence electrons. The molecule has 0 radical (unpaired) electrons. The molecule has 1 aromatic carbocycles. The minimum atomic E-state index is -0.945. The number of benzene rings is 1. The highest BCUT2D eigenvalue weighted by atomic mass is 16.5. The number of ether oxygens (including phenoxy) is 1. The van der Waals surface area contributed by atoms with Gasteiger partial charge in [-0.1, -0.05) is 18.2 Å². The summed E-state index contributed by atoms with van der Waals surface area (Å²) in [5.41, 5.74) is 1.06. The fourth-order valence-corrected chi connectivity index (χ4v) is 2.62. The molecule has 1 aliphatic rings. The van der Waals surface area contributed by atoms with Gasteiger partial charge in [0.05, 0.1) is 11.6 Å². The lowest BCUT2D eigenvalue weighted by Gasteiger charge is -2.19. The van der Waals surface area contributed by atoms with Gasteiger partial charge in [0.15, 0.2) is 0 Å². The van der Waals surface area contributed by atoms with E-state index < -0.39 is 5.97 Å². The van der Waals surface area contributed by atoms with E-state index in [0.717, 1.165) is 23.9 Å². The molecule has 1 N–H and O–H groups in total. The summed E-state index contributed by atoms with van der Waals surface area (Å²) in [5.74, 6) is -0.408. The number of fused-ring (bicyclic) bond motifs is 1. The molecule has 0 spiro atoms. The Kier molecular flexibility index (Phi) is 3.28. The van der Waals surface area contributed by atoms with E-state index in [-0.39, 0.29) is 11.7 Å². The predicted octanol–water partition coefficient (Wildman–Crippen LogP) is 2.16. The van der Waals surface area contributed by atoms with Crippen LogP contribution in [0.4, 0.5) is 5.82 Å². The molecule has 20 heavy (non-hydrogen) atoms. The van der Waals surface area contributed by atoms with Crippen LogP contribution in [0, 0.1) is 0 Å². The summed E-state index contributed by atoms with van der Waals surface area (Å²) in [7, 11) is 1.68. The van der Waals surface area contributed by atoms with E-state index in [9.17, 15) is 9.90 Å². The zero-order chi connectivity index (χ0) is 14.1. The van der Waals surface area contributed by atoms with Crippen LogP contribution in [0.5, 0.6) is 0 Å². The number of aromatic carboxylic acids is 1. The number of hydrogen-bond donors (Lipinski definition) is 1. The summed E-state index contributed by atoms with van der Waals surface area (Å²) in [4.78, 5) is 18.0. The van der Waals surface area contributed by atoms with Crippen LogP contribution in [-0.2, 0) is 4.74 Å². The third-order valence-electron chi connectivity index (χ3n) is 3.71. The van der Waals surface area contributed by atoms with Gasteiger partial charge in [0.25, 0.3) is 0 Å². The van der Waals surface area contributed by atoms with Crippen LogP contribution in [0.1, 0.15) is 16.8 Å². The van der Waals surface area contributed by atoms with Crippen molar-refractivity contribution in [2.45, 2.75) is 12.5 Å². The molecule has 1 fully saturated rings. The molecule has 1 atom stereocenters. The number of carboxylic acid groups (broad SMARTS) is 1. The van der Waals surface area contributed by atoms with Gasteiger partial charge >= 0.3 is 5.97 Å². The number of rotatable bonds is 3. The first kappa shape index (κ1) is 12.9. The fourth-order valence-electron chi connectivity index (χ4n) is 2.62. The Morgan fingerprint density at radius 1 is 1.45 bits per heavy atom. The van der Waals surface area contributed by atoms with Gasteiger partial charge < -0.3 is 14.7 Å². The number of para-hydroxylation sites is 1. The Balaban J connectivity index is 2.08. The maximum absolute atomic E-state index is 11.5. The molecule has 0 bridgehead atoms. The van der Waals surface area contributed by atoms with Gasteiger partial charge in [0.1, 0.15) is 11.4 Å². The molecule has 5 nitrogen and oxygen atoms in total. The second-order valence-electron chi connectivity index (χ2n) is 4.95. The molecule has 2 aromatic rings. The molecule has 1 aromatic heterocycles. The topological polar surface area (TPSA) is 62.7 Å². The van der Waals surface area contributed by atoms with Crippen LogP contribution in [0.15, 0.2) is 30.3 Å². The molecule has 3 rings (SSSR count). The van der Waals surface area contributed by atoms with Gasteiger partial charge in [-0.05, 0) is 18.6 Å². The van der Waals surface area contributed by atoms with Crippen molar-refractivity contribution in [3.63, 3.8) is 0 Å². The van der Waals surface area contributed by atoms with Gasteiger partial charge in [-0.15, -0.1) is 0 Å². The normalized spacial score (nSPS) is 18.6. The molecule has 0 amide bonds. The fraction of sp³-hybridized carbons (Fsp3) is 0.333. The molecule has 2 heterocycles. The SMILES string of the molecule is COC1CCN(c2nc3ccccc3cc2C(=O)O)C1. The van der Waals surface area contributed by atoms with Crippen LogP contribution < -0.4 is 4.90 Å². The summed E-state index contributed by atoms with van der Waals surface area (Å²) in [5, 5.41) is 10.3. The van der Waals surface area contributed by atoms with E-state index in [4.69, 9.17) is 4.74 Å². The number of aromatic nitrogens is 1. The highest BCUT2D eigenvalue weighted by Crippen LogP contribution is 2.27. The first-order valence-electron chi connectivity index (χ1n) is 6.60. The summed E-state index contributed by atoms with van der Waals surface area (Å²) in [6.45, 7) is 1.45. The Morgan fingerprint density at radius 2 is 2.25 bits per heavy atom. The number of nitrogens with zero attached hydrogens (tertiary/aromatic N) is 2. The van der Waals surface area contributed by atoms with Crippen molar-refractivity contribution in [2.75, 3.05) is 25.1 Å². The third kappa shape index (κ3) is 2.20. The Morgan fingerprint density at radius 3 is 2.95 bits per heavy atom. The summed E-state index contributed by atoms with van der Waals surface area (Å²) < 4.78 is 5.33. The maximum Gasteiger partial charge on any atom is 0.339 e. The monoisotopic (exact) mass is 272 g/mol. The standard InChI is InChI=1S/C15H16N2O3/c1-20-11-6-7-17(9-11)14-12(15(18)19)8-10-4-2-3-5-13(10)16-14/h2-5,8,11H,6-7,9H2,1H3,(H,18,19). The third-order valence-corrected chi connectivity index (χ3v) is 3.71. The van der Waals surface area contributed by atoms with Crippen molar-refractivity contribution in [3.8, 4) is 0 Å². The van der Waals surface area contributed by atoms with E-state index in [2.05, 4.69) is 4.98 Å². The van der Waals surface area contributed by atoms with Crippen LogP contribution in [0.3, 0.4) is 0 Å². The van der Waals surface area contributed by atoms with Crippen LogP contribution in [-0.4, -0.2) is 42.4 Å². The minimum absolute atomic E-state index is 0.143. The molecular weight excluding hydrogens is 256 g/mol. The first-order valence-corrected chi connectivity index (χ1v) is 6.60. The lowest BCUT2D eigenvalue weighted by molar-refractivity contribution is 0.0697.